The number of rotatable bonds is 1. The highest BCUT2D eigenvalue weighted by Gasteiger charge is 2.23. The van der Waals surface area contributed by atoms with Crippen molar-refractivity contribution < 1.29 is 0 Å². The van der Waals surface area contributed by atoms with Gasteiger partial charge in [-0.15, -0.1) is 22.7 Å². The molecule has 0 spiro atoms. The van der Waals surface area contributed by atoms with E-state index in [9.17, 15) is 0 Å². The normalized spacial score (nSPS) is 13.0. The SMILES string of the molecule is Cc1csc2cc(-c3ccc(C(C)(C)C)cc3C(C)(C)C)sc12. The van der Waals surface area contributed by atoms with Crippen LogP contribution in [0, 0.1) is 6.92 Å². The van der Waals surface area contributed by atoms with Gasteiger partial charge in [-0.3, -0.25) is 0 Å². The van der Waals surface area contributed by atoms with E-state index in [-0.39, 0.29) is 10.8 Å². The fourth-order valence-corrected chi connectivity index (χ4v) is 5.28. The van der Waals surface area contributed by atoms with E-state index in [4.69, 9.17) is 0 Å². The molecule has 2 aromatic heterocycles. The number of aryl methyl sites for hydroxylation is 1. The van der Waals surface area contributed by atoms with Crippen molar-refractivity contribution in [2.75, 3.05) is 0 Å². The molecule has 3 rings (SSSR count). The van der Waals surface area contributed by atoms with Gasteiger partial charge in [0.05, 0.1) is 0 Å². The van der Waals surface area contributed by atoms with Crippen LogP contribution in [0.1, 0.15) is 58.2 Å². The van der Waals surface area contributed by atoms with Gasteiger partial charge in [-0.25, -0.2) is 0 Å². The van der Waals surface area contributed by atoms with E-state index < -0.39 is 0 Å². The summed E-state index contributed by atoms with van der Waals surface area (Å²) in [5.41, 5.74) is 6.01. The summed E-state index contributed by atoms with van der Waals surface area (Å²) < 4.78 is 2.87. The monoisotopic (exact) mass is 342 g/mol. The first kappa shape index (κ1) is 16.7. The lowest BCUT2D eigenvalue weighted by Gasteiger charge is -2.27. The first-order valence-corrected chi connectivity index (χ1v) is 9.90. The van der Waals surface area contributed by atoms with Gasteiger partial charge in [0.2, 0.25) is 0 Å². The summed E-state index contributed by atoms with van der Waals surface area (Å²) in [7, 11) is 0. The van der Waals surface area contributed by atoms with E-state index in [1.54, 1.807) is 0 Å². The van der Waals surface area contributed by atoms with Gasteiger partial charge in [0, 0.05) is 14.3 Å². The molecule has 0 aliphatic rings. The molecular weight excluding hydrogens is 316 g/mol. The van der Waals surface area contributed by atoms with Crippen LogP contribution in [0.25, 0.3) is 19.8 Å². The molecule has 0 radical (unpaired) electrons. The largest absolute Gasteiger partial charge is 0.143 e. The molecule has 0 saturated carbocycles. The highest BCUT2D eigenvalue weighted by molar-refractivity contribution is 7.29. The third-order valence-corrected chi connectivity index (χ3v) is 6.86. The molecule has 0 saturated heterocycles. The van der Waals surface area contributed by atoms with Gasteiger partial charge in [0.1, 0.15) is 0 Å². The van der Waals surface area contributed by atoms with E-state index in [2.05, 4.69) is 78.1 Å². The quantitative estimate of drug-likeness (QED) is 0.428. The number of thiophene rings is 2. The maximum Gasteiger partial charge on any atom is 0.0486 e. The molecule has 0 aliphatic heterocycles. The lowest BCUT2D eigenvalue weighted by atomic mass is 9.78. The molecule has 122 valence electrons. The van der Waals surface area contributed by atoms with Crippen LogP contribution in [-0.2, 0) is 10.8 Å². The Balaban J connectivity index is 2.21. The van der Waals surface area contributed by atoms with Crippen molar-refractivity contribution in [1.29, 1.82) is 0 Å². The average molecular weight is 343 g/mol. The predicted octanol–water partition coefficient (Wildman–Crippen LogP) is 7.53. The fraction of sp³-hybridized carbons (Fsp3) is 0.429. The molecule has 1 aromatic carbocycles. The molecule has 0 bridgehead atoms. The molecule has 0 amide bonds. The van der Waals surface area contributed by atoms with E-state index in [1.165, 1.54) is 36.5 Å². The Morgan fingerprint density at radius 3 is 2.13 bits per heavy atom. The molecule has 23 heavy (non-hydrogen) atoms. The van der Waals surface area contributed by atoms with Gasteiger partial charge in [-0.05, 0) is 51.5 Å². The van der Waals surface area contributed by atoms with Crippen molar-refractivity contribution in [2.45, 2.75) is 59.3 Å². The summed E-state index contributed by atoms with van der Waals surface area (Å²) in [6.45, 7) is 16.0. The summed E-state index contributed by atoms with van der Waals surface area (Å²) in [6, 6.07) is 9.45. The molecule has 0 aliphatic carbocycles. The lowest BCUT2D eigenvalue weighted by Crippen LogP contribution is -2.17. The molecule has 0 fully saturated rings. The standard InChI is InChI=1S/C21H26S2/c1-13-12-22-18-11-17(23-19(13)18)15-9-8-14(20(2,3)4)10-16(15)21(5,6)7/h8-12H,1-7H3. The summed E-state index contributed by atoms with van der Waals surface area (Å²) in [5.74, 6) is 0. The highest BCUT2D eigenvalue weighted by Crippen LogP contribution is 2.43. The number of benzene rings is 1. The predicted molar refractivity (Wildman–Crippen MR) is 107 cm³/mol. The number of hydrogen-bond donors (Lipinski definition) is 0. The summed E-state index contributed by atoms with van der Waals surface area (Å²) in [6.07, 6.45) is 0. The Hall–Kier alpha value is -1.12. The lowest BCUT2D eigenvalue weighted by molar-refractivity contribution is 0.570. The molecule has 0 nitrogen and oxygen atoms in total. The van der Waals surface area contributed by atoms with Crippen LogP contribution in [0.3, 0.4) is 0 Å². The molecular formula is C21H26S2. The van der Waals surface area contributed by atoms with Crippen LogP contribution in [0.2, 0.25) is 0 Å². The van der Waals surface area contributed by atoms with Gasteiger partial charge in [0.15, 0.2) is 0 Å². The summed E-state index contributed by atoms with van der Waals surface area (Å²) in [4.78, 5) is 1.40. The van der Waals surface area contributed by atoms with Crippen LogP contribution < -0.4 is 0 Å². The second-order valence-electron chi connectivity index (χ2n) is 8.48. The molecule has 2 heteroatoms. The van der Waals surface area contributed by atoms with Crippen molar-refractivity contribution in [3.05, 3.63) is 46.3 Å². The van der Waals surface area contributed by atoms with Crippen molar-refractivity contribution in [1.82, 2.24) is 0 Å². The zero-order valence-electron chi connectivity index (χ0n) is 15.2. The van der Waals surface area contributed by atoms with Gasteiger partial charge >= 0.3 is 0 Å². The minimum atomic E-state index is 0.142. The van der Waals surface area contributed by atoms with Gasteiger partial charge in [-0.1, -0.05) is 59.7 Å². The Morgan fingerprint density at radius 1 is 0.870 bits per heavy atom. The highest BCUT2D eigenvalue weighted by atomic mass is 32.1. The summed E-state index contributed by atoms with van der Waals surface area (Å²) >= 11 is 3.80. The van der Waals surface area contributed by atoms with Crippen molar-refractivity contribution in [3.8, 4) is 10.4 Å². The third kappa shape index (κ3) is 3.12. The van der Waals surface area contributed by atoms with Crippen LogP contribution in [0.4, 0.5) is 0 Å². The fourth-order valence-electron chi connectivity index (χ4n) is 2.92. The maximum absolute atomic E-state index is 2.43. The minimum Gasteiger partial charge on any atom is -0.143 e. The summed E-state index contributed by atoms with van der Waals surface area (Å²) in [5, 5.41) is 2.26. The molecule has 0 N–H and O–H groups in total. The second kappa shape index (κ2) is 5.46. The Morgan fingerprint density at radius 2 is 1.57 bits per heavy atom. The van der Waals surface area contributed by atoms with Gasteiger partial charge < -0.3 is 0 Å². The zero-order valence-corrected chi connectivity index (χ0v) is 16.8. The van der Waals surface area contributed by atoms with Crippen molar-refractivity contribution in [2.24, 2.45) is 0 Å². The zero-order chi connectivity index (χ0) is 17.0. The molecule has 0 unspecified atom stereocenters. The van der Waals surface area contributed by atoms with E-state index in [0.29, 0.717) is 0 Å². The van der Waals surface area contributed by atoms with Crippen LogP contribution >= 0.6 is 22.7 Å². The third-order valence-electron chi connectivity index (χ3n) is 4.38. The van der Waals surface area contributed by atoms with Crippen LogP contribution in [-0.4, -0.2) is 0 Å². The average Bonchev–Trinajstić information content (AvgIpc) is 2.99. The van der Waals surface area contributed by atoms with Gasteiger partial charge in [-0.2, -0.15) is 0 Å². The molecule has 3 aromatic rings. The van der Waals surface area contributed by atoms with Crippen molar-refractivity contribution in [3.63, 3.8) is 0 Å². The number of hydrogen-bond acceptors (Lipinski definition) is 2. The first-order chi connectivity index (χ1) is 10.6. The molecule has 2 heterocycles. The van der Waals surface area contributed by atoms with Crippen LogP contribution in [0.5, 0.6) is 0 Å². The van der Waals surface area contributed by atoms with Crippen molar-refractivity contribution >= 4 is 32.1 Å². The topological polar surface area (TPSA) is 0 Å². The first-order valence-electron chi connectivity index (χ1n) is 8.20. The Bertz CT molecular complexity index is 848. The van der Waals surface area contributed by atoms with E-state index in [0.717, 1.165) is 0 Å². The maximum atomic E-state index is 2.43. The smallest absolute Gasteiger partial charge is 0.0486 e. The Kier molecular flexibility index (Phi) is 3.97. The minimum absolute atomic E-state index is 0.142. The van der Waals surface area contributed by atoms with E-state index in [1.807, 2.05) is 22.7 Å². The second-order valence-corrected chi connectivity index (χ2v) is 10.4. The molecule has 0 atom stereocenters. The number of fused-ring (bicyclic) bond motifs is 1. The van der Waals surface area contributed by atoms with Crippen LogP contribution in [0.15, 0.2) is 29.6 Å². The van der Waals surface area contributed by atoms with E-state index >= 15 is 0 Å². The van der Waals surface area contributed by atoms with Gasteiger partial charge in [0.25, 0.3) is 0 Å². The Labute approximate surface area is 148 Å².